The van der Waals surface area contributed by atoms with Crippen LogP contribution in [-0.2, 0) is 0 Å². The first-order valence-electron chi connectivity index (χ1n) is 1.89. The average molecular weight is 116 g/mol. The lowest BCUT2D eigenvalue weighted by Gasteiger charge is -1.73. The highest BCUT2D eigenvalue weighted by atomic mass is 35.5. The molecule has 0 aromatic carbocycles. The van der Waals surface area contributed by atoms with Crippen LogP contribution in [0.1, 0.15) is 5.56 Å². The topological polar surface area (TPSA) is 13.1 Å². The molecule has 0 fully saturated rings. The third-order valence-electron chi connectivity index (χ3n) is 0.669. The molecule has 0 saturated heterocycles. The molecule has 2 heteroatoms. The summed E-state index contributed by atoms with van der Waals surface area (Å²) in [5.41, 5.74) is 0.904. The minimum atomic E-state index is 0.904. The summed E-state index contributed by atoms with van der Waals surface area (Å²) < 4.78 is 4.69. The minimum Gasteiger partial charge on any atom is -0.472 e. The van der Waals surface area contributed by atoms with E-state index in [0.717, 1.165) is 5.56 Å². The van der Waals surface area contributed by atoms with Gasteiger partial charge in [-0.1, -0.05) is 0 Å². The van der Waals surface area contributed by atoms with E-state index in [0.29, 0.717) is 0 Å². The molecule has 1 rings (SSSR count). The lowest BCUT2D eigenvalue weighted by molar-refractivity contribution is 0.566. The van der Waals surface area contributed by atoms with E-state index in [2.05, 4.69) is 4.42 Å². The Morgan fingerprint density at radius 1 is 1.71 bits per heavy atom. The van der Waals surface area contributed by atoms with E-state index in [1.807, 2.05) is 0 Å². The van der Waals surface area contributed by atoms with Crippen LogP contribution in [0.5, 0.6) is 0 Å². The average Bonchev–Trinajstić information content (AvgIpc) is 2.14. The Balaban J connectivity index is 2.76. The first kappa shape index (κ1) is 4.72. The maximum Gasteiger partial charge on any atom is 0.0950 e. The number of hydrogen-bond donors (Lipinski definition) is 0. The molecule has 0 aliphatic carbocycles. The summed E-state index contributed by atoms with van der Waals surface area (Å²) in [5.74, 6) is 1.46. The lowest BCUT2D eigenvalue weighted by Crippen LogP contribution is -1.58. The number of hydrogen-bond acceptors (Lipinski definition) is 1. The molecule has 1 aromatic heterocycles. The van der Waals surface area contributed by atoms with Gasteiger partial charge >= 0.3 is 0 Å². The Hall–Kier alpha value is -0.430. The predicted molar refractivity (Wildman–Crippen MR) is 28.0 cm³/mol. The summed E-state index contributed by atoms with van der Waals surface area (Å²) in [7, 11) is 0. The van der Waals surface area contributed by atoms with Gasteiger partial charge in [-0.25, -0.2) is 0 Å². The quantitative estimate of drug-likeness (QED) is 0.546. The predicted octanol–water partition coefficient (Wildman–Crippen LogP) is 2.03. The number of furan rings is 1. The van der Waals surface area contributed by atoms with Gasteiger partial charge in [0, 0.05) is 5.56 Å². The Morgan fingerprint density at radius 3 is 2.86 bits per heavy atom. The lowest BCUT2D eigenvalue weighted by atomic mass is 10.4. The fourth-order valence-electron chi connectivity index (χ4n) is 0.337. The second-order valence-corrected chi connectivity index (χ2v) is 1.38. The van der Waals surface area contributed by atoms with Crippen molar-refractivity contribution in [1.82, 2.24) is 0 Å². The second-order valence-electron chi connectivity index (χ2n) is 1.17. The van der Waals surface area contributed by atoms with Crippen molar-refractivity contribution in [3.8, 4) is 0 Å². The van der Waals surface area contributed by atoms with Gasteiger partial charge in [-0.05, 0) is 6.07 Å². The largest absolute Gasteiger partial charge is 0.472 e. The van der Waals surface area contributed by atoms with E-state index in [9.17, 15) is 0 Å². The molecule has 0 spiro atoms. The van der Waals surface area contributed by atoms with Crippen LogP contribution in [-0.4, -0.2) is 0 Å². The molecule has 1 radical (unpaired) electrons. The maximum atomic E-state index is 5.28. The van der Waals surface area contributed by atoms with E-state index in [1.54, 1.807) is 18.6 Å². The van der Waals surface area contributed by atoms with Crippen LogP contribution < -0.4 is 0 Å². The first-order valence-corrected chi connectivity index (χ1v) is 2.33. The molecule has 0 amide bonds. The third-order valence-corrected chi connectivity index (χ3v) is 0.921. The van der Waals surface area contributed by atoms with Crippen molar-refractivity contribution < 1.29 is 4.42 Å². The summed E-state index contributed by atoms with van der Waals surface area (Å²) >= 11 is 5.28. The molecule has 1 aromatic rings. The van der Waals surface area contributed by atoms with Crippen molar-refractivity contribution in [1.29, 1.82) is 0 Å². The van der Waals surface area contributed by atoms with Crippen LogP contribution in [0.2, 0.25) is 0 Å². The van der Waals surface area contributed by atoms with Gasteiger partial charge in [0.25, 0.3) is 0 Å². The van der Waals surface area contributed by atoms with Gasteiger partial charge in [0.1, 0.15) is 0 Å². The molecule has 0 aliphatic rings. The normalized spacial score (nSPS) is 9.29. The van der Waals surface area contributed by atoms with E-state index in [-0.39, 0.29) is 0 Å². The summed E-state index contributed by atoms with van der Waals surface area (Å²) in [6.07, 6.45) is 3.15. The van der Waals surface area contributed by atoms with Gasteiger partial charge in [-0.2, -0.15) is 0 Å². The smallest absolute Gasteiger partial charge is 0.0950 e. The van der Waals surface area contributed by atoms with Crippen molar-refractivity contribution in [3.05, 3.63) is 30.0 Å². The summed E-state index contributed by atoms with van der Waals surface area (Å²) in [6, 6.07) is 1.78. The molecular formula is C5H4ClO. The van der Waals surface area contributed by atoms with Crippen molar-refractivity contribution in [2.75, 3.05) is 0 Å². The van der Waals surface area contributed by atoms with Crippen molar-refractivity contribution >= 4 is 11.6 Å². The molecule has 0 saturated carbocycles. The fraction of sp³-hybridized carbons (Fsp3) is 0. The van der Waals surface area contributed by atoms with E-state index < -0.39 is 0 Å². The van der Waals surface area contributed by atoms with Gasteiger partial charge in [-0.15, -0.1) is 11.6 Å². The monoisotopic (exact) mass is 115 g/mol. The highest BCUT2D eigenvalue weighted by Crippen LogP contribution is 2.04. The molecule has 1 heterocycles. The number of halogens is 1. The van der Waals surface area contributed by atoms with Crippen molar-refractivity contribution in [2.45, 2.75) is 0 Å². The van der Waals surface area contributed by atoms with Gasteiger partial charge in [0.05, 0.1) is 18.4 Å². The Bertz CT molecular complexity index is 123. The van der Waals surface area contributed by atoms with Gasteiger partial charge in [0.2, 0.25) is 0 Å². The first-order chi connectivity index (χ1) is 3.43. The Labute approximate surface area is 46.9 Å². The molecule has 1 nitrogen and oxygen atoms in total. The molecule has 0 N–H and O–H groups in total. The molecule has 7 heavy (non-hydrogen) atoms. The maximum absolute atomic E-state index is 5.28. The van der Waals surface area contributed by atoms with Crippen molar-refractivity contribution in [2.24, 2.45) is 0 Å². The van der Waals surface area contributed by atoms with Crippen LogP contribution in [0.3, 0.4) is 0 Å². The molecule has 0 aliphatic heterocycles. The summed E-state index contributed by atoms with van der Waals surface area (Å²) in [6.45, 7) is 0. The fourth-order valence-corrected chi connectivity index (χ4v) is 0.461. The van der Waals surface area contributed by atoms with Gasteiger partial charge in [0.15, 0.2) is 0 Å². The van der Waals surface area contributed by atoms with E-state index >= 15 is 0 Å². The highest BCUT2D eigenvalue weighted by Gasteiger charge is 1.86. The molecule has 0 unspecified atom stereocenters. The summed E-state index contributed by atoms with van der Waals surface area (Å²) in [5, 5.41) is 0. The Morgan fingerprint density at radius 2 is 2.57 bits per heavy atom. The minimum absolute atomic E-state index is 0.904. The molecule has 0 atom stereocenters. The van der Waals surface area contributed by atoms with Crippen LogP contribution in [0.15, 0.2) is 23.0 Å². The molecule has 0 bridgehead atoms. The van der Waals surface area contributed by atoms with Gasteiger partial charge < -0.3 is 4.42 Å². The van der Waals surface area contributed by atoms with Crippen molar-refractivity contribution in [3.63, 3.8) is 0 Å². The summed E-state index contributed by atoms with van der Waals surface area (Å²) in [4.78, 5) is 0. The van der Waals surface area contributed by atoms with E-state index in [4.69, 9.17) is 11.6 Å². The standard InChI is InChI=1S/C5H4ClO/c6-3-5-1-2-7-4-5/h1-4H. The van der Waals surface area contributed by atoms with Gasteiger partial charge in [-0.3, -0.25) is 0 Å². The molecule has 37 valence electrons. The SMILES string of the molecule is Cl[CH]c1ccoc1. The second kappa shape index (κ2) is 2.03. The third kappa shape index (κ3) is 0.967. The highest BCUT2D eigenvalue weighted by molar-refractivity contribution is 6.25. The molecular weight excluding hydrogens is 112 g/mol. The van der Waals surface area contributed by atoms with E-state index in [1.165, 1.54) is 5.88 Å². The zero-order chi connectivity index (χ0) is 5.11. The van der Waals surface area contributed by atoms with Crippen LogP contribution in [0.4, 0.5) is 0 Å². The van der Waals surface area contributed by atoms with Crippen LogP contribution in [0.25, 0.3) is 0 Å². The number of rotatable bonds is 1. The Kier molecular flexibility index (Phi) is 1.37. The zero-order valence-corrected chi connectivity index (χ0v) is 4.35. The van der Waals surface area contributed by atoms with Crippen LogP contribution in [0, 0.1) is 5.88 Å². The zero-order valence-electron chi connectivity index (χ0n) is 3.60. The van der Waals surface area contributed by atoms with Crippen LogP contribution >= 0.6 is 11.6 Å².